The molecule has 0 saturated heterocycles. The Morgan fingerprint density at radius 1 is 1.56 bits per heavy atom. The minimum atomic E-state index is -2.87. The van der Waals surface area contributed by atoms with Crippen molar-refractivity contribution in [3.05, 3.63) is 0 Å². The molecule has 0 bridgehead atoms. The molecule has 0 amide bonds. The second kappa shape index (κ2) is 4.06. The lowest BCUT2D eigenvalue weighted by Gasteiger charge is -2.10. The van der Waals surface area contributed by atoms with Crippen LogP contribution < -0.4 is 0 Å². The van der Waals surface area contributed by atoms with Gasteiger partial charge < -0.3 is 5.11 Å². The van der Waals surface area contributed by atoms with Crippen molar-refractivity contribution in [3.8, 4) is 0 Å². The second-order valence-electron chi connectivity index (χ2n) is 1.76. The van der Waals surface area contributed by atoms with Crippen LogP contribution in [0.1, 0.15) is 6.42 Å². The average molecular weight is 156 g/mol. The maximum absolute atomic E-state index is 12.1. The maximum Gasteiger partial charge on any atom is 0.271 e. The van der Waals surface area contributed by atoms with Gasteiger partial charge in [0.2, 0.25) is 0 Å². The SMILES string of the molecule is CSCCC(F)(F)CO. The fraction of sp³-hybridized carbons (Fsp3) is 1.00. The van der Waals surface area contributed by atoms with Crippen LogP contribution in [0.3, 0.4) is 0 Å². The molecule has 0 radical (unpaired) electrons. The van der Waals surface area contributed by atoms with Gasteiger partial charge in [0, 0.05) is 6.42 Å². The quantitative estimate of drug-likeness (QED) is 0.663. The molecule has 0 spiro atoms. The first-order chi connectivity index (χ1) is 4.12. The molecule has 0 fully saturated rings. The Labute approximate surface area is 57.4 Å². The van der Waals surface area contributed by atoms with E-state index < -0.39 is 12.5 Å². The molecule has 0 aliphatic heterocycles. The molecule has 1 nitrogen and oxygen atoms in total. The largest absolute Gasteiger partial charge is 0.390 e. The van der Waals surface area contributed by atoms with Crippen molar-refractivity contribution in [2.75, 3.05) is 18.6 Å². The van der Waals surface area contributed by atoms with Gasteiger partial charge in [-0.05, 0) is 12.0 Å². The first-order valence-electron chi connectivity index (χ1n) is 2.60. The van der Waals surface area contributed by atoms with Crippen LogP contribution in [0.15, 0.2) is 0 Å². The van der Waals surface area contributed by atoms with E-state index in [0.717, 1.165) is 0 Å². The van der Waals surface area contributed by atoms with Gasteiger partial charge in [0.1, 0.15) is 6.61 Å². The molecule has 0 aliphatic rings. The van der Waals surface area contributed by atoms with Crippen LogP contribution in [0.25, 0.3) is 0 Å². The Balaban J connectivity index is 3.33. The Morgan fingerprint density at radius 3 is 2.44 bits per heavy atom. The zero-order valence-electron chi connectivity index (χ0n) is 5.23. The van der Waals surface area contributed by atoms with Gasteiger partial charge >= 0.3 is 0 Å². The molecule has 0 rings (SSSR count). The van der Waals surface area contributed by atoms with E-state index in [1.54, 1.807) is 6.26 Å². The smallest absolute Gasteiger partial charge is 0.271 e. The molecule has 0 atom stereocenters. The number of hydrogen-bond donors (Lipinski definition) is 1. The zero-order chi connectivity index (χ0) is 7.33. The second-order valence-corrected chi connectivity index (χ2v) is 2.74. The molecule has 56 valence electrons. The third-order valence-electron chi connectivity index (χ3n) is 0.903. The van der Waals surface area contributed by atoms with Crippen molar-refractivity contribution in [2.45, 2.75) is 12.3 Å². The van der Waals surface area contributed by atoms with E-state index in [4.69, 9.17) is 5.11 Å². The highest BCUT2D eigenvalue weighted by atomic mass is 32.2. The fourth-order valence-corrected chi connectivity index (χ4v) is 0.833. The summed E-state index contributed by atoms with van der Waals surface area (Å²) < 4.78 is 24.2. The molecular weight excluding hydrogens is 146 g/mol. The van der Waals surface area contributed by atoms with E-state index in [1.165, 1.54) is 11.8 Å². The Kier molecular flexibility index (Phi) is 4.14. The number of thioether (sulfide) groups is 1. The van der Waals surface area contributed by atoms with Crippen LogP contribution >= 0.6 is 11.8 Å². The summed E-state index contributed by atoms with van der Waals surface area (Å²) in [5.41, 5.74) is 0. The first-order valence-corrected chi connectivity index (χ1v) is 3.99. The van der Waals surface area contributed by atoms with E-state index in [9.17, 15) is 8.78 Å². The minimum Gasteiger partial charge on any atom is -0.390 e. The number of rotatable bonds is 4. The van der Waals surface area contributed by atoms with Gasteiger partial charge in [0.15, 0.2) is 0 Å². The molecular formula is C5H10F2OS. The topological polar surface area (TPSA) is 20.2 Å². The van der Waals surface area contributed by atoms with Crippen molar-refractivity contribution in [1.29, 1.82) is 0 Å². The lowest BCUT2D eigenvalue weighted by molar-refractivity contribution is -0.0512. The maximum atomic E-state index is 12.1. The van der Waals surface area contributed by atoms with E-state index >= 15 is 0 Å². The summed E-state index contributed by atoms with van der Waals surface area (Å²) in [6, 6.07) is 0. The fourth-order valence-electron chi connectivity index (χ4n) is 0.330. The molecule has 0 aliphatic carbocycles. The zero-order valence-corrected chi connectivity index (χ0v) is 6.05. The van der Waals surface area contributed by atoms with Crippen LogP contribution in [0.4, 0.5) is 8.78 Å². The lowest BCUT2D eigenvalue weighted by atomic mass is 10.3. The standard InChI is InChI=1S/C5H10F2OS/c1-9-3-2-5(6,7)4-8/h8H,2-4H2,1H3. The molecule has 4 heteroatoms. The van der Waals surface area contributed by atoms with E-state index in [0.29, 0.717) is 5.75 Å². The Morgan fingerprint density at radius 2 is 2.11 bits per heavy atom. The van der Waals surface area contributed by atoms with Crippen LogP contribution in [-0.4, -0.2) is 29.6 Å². The molecule has 0 aromatic heterocycles. The number of halogens is 2. The summed E-state index contributed by atoms with van der Waals surface area (Å²) in [6.07, 6.45) is 1.53. The summed E-state index contributed by atoms with van der Waals surface area (Å²) in [5, 5.41) is 8.06. The predicted molar refractivity (Wildman–Crippen MR) is 35.0 cm³/mol. The third-order valence-corrected chi connectivity index (χ3v) is 1.52. The molecule has 0 unspecified atom stereocenters. The van der Waals surface area contributed by atoms with Crippen molar-refractivity contribution in [3.63, 3.8) is 0 Å². The molecule has 0 saturated carbocycles. The first kappa shape index (κ1) is 9.17. The van der Waals surface area contributed by atoms with Crippen LogP contribution in [0, 0.1) is 0 Å². The predicted octanol–water partition coefficient (Wildman–Crippen LogP) is 1.37. The number of aliphatic hydroxyl groups excluding tert-OH is 1. The Hall–Kier alpha value is 0.170. The third kappa shape index (κ3) is 4.66. The molecule has 0 aromatic rings. The van der Waals surface area contributed by atoms with Crippen molar-refractivity contribution in [2.24, 2.45) is 0 Å². The van der Waals surface area contributed by atoms with Crippen LogP contribution in [0.5, 0.6) is 0 Å². The summed E-state index contributed by atoms with van der Waals surface area (Å²) >= 11 is 1.35. The summed E-state index contributed by atoms with van der Waals surface area (Å²) in [6.45, 7) is -1.03. The van der Waals surface area contributed by atoms with Crippen molar-refractivity contribution in [1.82, 2.24) is 0 Å². The number of aliphatic hydroxyl groups is 1. The summed E-state index contributed by atoms with van der Waals surface area (Å²) in [7, 11) is 0. The van der Waals surface area contributed by atoms with Gasteiger partial charge in [-0.1, -0.05) is 0 Å². The van der Waals surface area contributed by atoms with Gasteiger partial charge in [-0.2, -0.15) is 11.8 Å². The molecule has 0 aromatic carbocycles. The summed E-state index contributed by atoms with van der Waals surface area (Å²) in [4.78, 5) is 0. The van der Waals surface area contributed by atoms with Gasteiger partial charge in [0.25, 0.3) is 5.92 Å². The van der Waals surface area contributed by atoms with Gasteiger partial charge in [-0.15, -0.1) is 0 Å². The van der Waals surface area contributed by atoms with Crippen LogP contribution in [0.2, 0.25) is 0 Å². The van der Waals surface area contributed by atoms with Crippen molar-refractivity contribution >= 4 is 11.8 Å². The molecule has 0 heterocycles. The van der Waals surface area contributed by atoms with Crippen LogP contribution in [-0.2, 0) is 0 Å². The average Bonchev–Trinajstić information content (AvgIpc) is 1.84. The molecule has 9 heavy (non-hydrogen) atoms. The highest BCUT2D eigenvalue weighted by molar-refractivity contribution is 7.98. The number of alkyl halides is 2. The monoisotopic (exact) mass is 156 g/mol. The lowest BCUT2D eigenvalue weighted by Crippen LogP contribution is -2.21. The highest BCUT2D eigenvalue weighted by Gasteiger charge is 2.26. The van der Waals surface area contributed by atoms with Gasteiger partial charge in [-0.25, -0.2) is 8.78 Å². The minimum absolute atomic E-state index is 0.231. The number of hydrogen-bond acceptors (Lipinski definition) is 2. The summed E-state index contributed by atoms with van der Waals surface area (Å²) in [5.74, 6) is -2.48. The van der Waals surface area contributed by atoms with Crippen molar-refractivity contribution < 1.29 is 13.9 Å². The normalized spacial score (nSPS) is 12.0. The molecule has 1 N–H and O–H groups in total. The Bertz CT molecular complexity index is 77.4. The highest BCUT2D eigenvalue weighted by Crippen LogP contribution is 2.18. The van der Waals surface area contributed by atoms with E-state index in [-0.39, 0.29) is 6.42 Å². The van der Waals surface area contributed by atoms with E-state index in [2.05, 4.69) is 0 Å². The van der Waals surface area contributed by atoms with Gasteiger partial charge in [0.05, 0.1) is 0 Å². The van der Waals surface area contributed by atoms with E-state index in [1.807, 2.05) is 0 Å². The van der Waals surface area contributed by atoms with Gasteiger partial charge in [-0.3, -0.25) is 0 Å².